The molecule has 3 nitrogen and oxygen atoms in total. The highest BCUT2D eigenvalue weighted by Gasteiger charge is 2.58. The fraction of sp³-hybridized carbons (Fsp3) is 0.421. The largest absolute Gasteiger partial charge is 0.353 e. The lowest BCUT2D eigenvalue weighted by Gasteiger charge is -2.40. The van der Waals surface area contributed by atoms with Crippen molar-refractivity contribution in [1.29, 1.82) is 0 Å². The first-order chi connectivity index (χ1) is 10.7. The Morgan fingerprint density at radius 2 is 1.95 bits per heavy atom. The molecule has 1 amide bonds. The second-order valence-electron chi connectivity index (χ2n) is 6.48. The van der Waals surface area contributed by atoms with Gasteiger partial charge in [0.15, 0.2) is 0 Å². The third-order valence-electron chi connectivity index (χ3n) is 5.43. The molecule has 1 aromatic rings. The van der Waals surface area contributed by atoms with Gasteiger partial charge in [-0.1, -0.05) is 61.6 Å². The van der Waals surface area contributed by atoms with Crippen LogP contribution in [0.2, 0.25) is 0 Å². The molecule has 2 saturated heterocycles. The summed E-state index contributed by atoms with van der Waals surface area (Å²) in [6, 6.07) is 10.3. The molecule has 2 aliphatic heterocycles. The van der Waals surface area contributed by atoms with Crippen molar-refractivity contribution in [2.75, 3.05) is 6.61 Å². The van der Waals surface area contributed by atoms with Gasteiger partial charge in [-0.15, -0.1) is 0 Å². The van der Waals surface area contributed by atoms with Crippen LogP contribution < -0.4 is 0 Å². The molecule has 2 fully saturated rings. The second kappa shape index (κ2) is 5.10. The minimum absolute atomic E-state index is 0.0491. The van der Waals surface area contributed by atoms with Crippen LogP contribution in [0.1, 0.15) is 31.4 Å². The van der Waals surface area contributed by atoms with E-state index in [1.807, 2.05) is 23.1 Å². The molecular formula is C19H21NO2. The zero-order chi connectivity index (χ0) is 15.2. The highest BCUT2D eigenvalue weighted by Crippen LogP contribution is 2.51. The van der Waals surface area contributed by atoms with Crippen LogP contribution >= 0.6 is 0 Å². The molecule has 1 aliphatic carbocycles. The number of hydrogen-bond donors (Lipinski definition) is 0. The predicted octanol–water partition coefficient (Wildman–Crippen LogP) is 3.45. The van der Waals surface area contributed by atoms with Crippen molar-refractivity contribution in [1.82, 2.24) is 4.90 Å². The van der Waals surface area contributed by atoms with Crippen molar-refractivity contribution in [2.24, 2.45) is 11.8 Å². The predicted molar refractivity (Wildman–Crippen MR) is 84.9 cm³/mol. The number of benzene rings is 1. The average Bonchev–Trinajstić information content (AvgIpc) is 3.26. The number of amides is 1. The van der Waals surface area contributed by atoms with E-state index in [1.165, 1.54) is 5.56 Å². The fourth-order valence-electron chi connectivity index (χ4n) is 4.20. The van der Waals surface area contributed by atoms with Crippen molar-refractivity contribution >= 4 is 5.91 Å². The zero-order valence-corrected chi connectivity index (χ0v) is 12.8. The smallest absolute Gasteiger partial charge is 0.225 e. The van der Waals surface area contributed by atoms with Gasteiger partial charge in [0.1, 0.15) is 5.72 Å². The molecule has 0 spiro atoms. The van der Waals surface area contributed by atoms with Crippen LogP contribution in [0, 0.1) is 11.8 Å². The molecule has 1 unspecified atom stereocenters. The molecule has 0 N–H and O–H groups in total. The molecule has 4 rings (SSSR count). The Morgan fingerprint density at radius 1 is 1.23 bits per heavy atom. The van der Waals surface area contributed by atoms with E-state index in [0.717, 1.165) is 6.42 Å². The van der Waals surface area contributed by atoms with Crippen LogP contribution in [-0.2, 0) is 9.53 Å². The summed E-state index contributed by atoms with van der Waals surface area (Å²) < 4.78 is 6.31. The fourth-order valence-corrected chi connectivity index (χ4v) is 4.20. The summed E-state index contributed by atoms with van der Waals surface area (Å²) >= 11 is 0. The highest BCUT2D eigenvalue weighted by atomic mass is 16.5. The van der Waals surface area contributed by atoms with Crippen LogP contribution in [0.15, 0.2) is 54.6 Å². The van der Waals surface area contributed by atoms with Crippen molar-refractivity contribution in [3.05, 3.63) is 60.2 Å². The second-order valence-corrected chi connectivity index (χ2v) is 6.48. The summed E-state index contributed by atoms with van der Waals surface area (Å²) in [5.74, 6) is 0.842. The summed E-state index contributed by atoms with van der Waals surface area (Å²) in [5.41, 5.74) is 0.728. The van der Waals surface area contributed by atoms with Gasteiger partial charge in [-0.3, -0.25) is 4.79 Å². The van der Waals surface area contributed by atoms with E-state index < -0.39 is 5.72 Å². The summed E-state index contributed by atoms with van der Waals surface area (Å²) in [5, 5.41) is 0. The monoisotopic (exact) mass is 295 g/mol. The molecule has 3 heteroatoms. The van der Waals surface area contributed by atoms with E-state index in [9.17, 15) is 4.79 Å². The first-order valence-corrected chi connectivity index (χ1v) is 8.08. The van der Waals surface area contributed by atoms with Gasteiger partial charge in [0.05, 0.1) is 12.6 Å². The molecule has 0 radical (unpaired) electrons. The molecule has 3 atom stereocenters. The minimum atomic E-state index is -0.443. The van der Waals surface area contributed by atoms with Gasteiger partial charge in [0, 0.05) is 24.7 Å². The lowest BCUT2D eigenvalue weighted by Crippen LogP contribution is -2.49. The summed E-state index contributed by atoms with van der Waals surface area (Å²) in [7, 11) is 0. The number of carbonyl (C=O) groups is 1. The Kier molecular flexibility index (Phi) is 3.19. The zero-order valence-electron chi connectivity index (χ0n) is 12.8. The Bertz CT molecular complexity index is 624. The standard InChI is InChI=1S/C19H21NO2/c1-14(15-7-5-6-8-15)19-12-11-18(21)20(19)17(13-22-19)16-9-3-2-4-10-16/h2-10,14-15,17H,11-13H2,1H3/t14?,17-,19+/m0/s1. The van der Waals surface area contributed by atoms with Gasteiger partial charge >= 0.3 is 0 Å². The number of hydrogen-bond acceptors (Lipinski definition) is 2. The van der Waals surface area contributed by atoms with Gasteiger partial charge in [0.2, 0.25) is 5.91 Å². The summed E-state index contributed by atoms with van der Waals surface area (Å²) in [6.45, 7) is 2.81. The number of fused-ring (bicyclic) bond motifs is 1. The molecular weight excluding hydrogens is 274 g/mol. The van der Waals surface area contributed by atoms with E-state index in [1.54, 1.807) is 0 Å². The van der Waals surface area contributed by atoms with Gasteiger partial charge in [-0.05, 0) is 5.56 Å². The van der Waals surface area contributed by atoms with E-state index >= 15 is 0 Å². The van der Waals surface area contributed by atoms with Crippen molar-refractivity contribution < 1.29 is 9.53 Å². The van der Waals surface area contributed by atoms with Crippen LogP contribution in [0.3, 0.4) is 0 Å². The topological polar surface area (TPSA) is 29.5 Å². The summed E-state index contributed by atoms with van der Waals surface area (Å²) in [6.07, 6.45) is 9.98. The maximum absolute atomic E-state index is 12.6. The number of carbonyl (C=O) groups excluding carboxylic acids is 1. The normalized spacial score (nSPS) is 32.0. The third-order valence-corrected chi connectivity index (χ3v) is 5.43. The molecule has 0 bridgehead atoms. The van der Waals surface area contributed by atoms with E-state index in [2.05, 4.69) is 43.4 Å². The SMILES string of the molecule is CC(C1C=CC=C1)[C@]12CCC(=O)N1[C@H](c1ccccc1)CO2. The molecule has 0 aromatic heterocycles. The Morgan fingerprint density at radius 3 is 2.68 bits per heavy atom. The Hall–Kier alpha value is -1.87. The number of nitrogens with zero attached hydrogens (tertiary/aromatic N) is 1. The molecule has 114 valence electrons. The van der Waals surface area contributed by atoms with Crippen LogP contribution in [-0.4, -0.2) is 23.1 Å². The van der Waals surface area contributed by atoms with Gasteiger partial charge in [0.25, 0.3) is 0 Å². The van der Waals surface area contributed by atoms with Crippen molar-refractivity contribution in [3.8, 4) is 0 Å². The van der Waals surface area contributed by atoms with Crippen LogP contribution in [0.5, 0.6) is 0 Å². The first-order valence-electron chi connectivity index (χ1n) is 8.08. The first kappa shape index (κ1) is 13.8. The maximum atomic E-state index is 12.6. The van der Waals surface area contributed by atoms with E-state index in [0.29, 0.717) is 18.9 Å². The number of allylic oxidation sites excluding steroid dienone is 4. The summed E-state index contributed by atoms with van der Waals surface area (Å²) in [4.78, 5) is 14.6. The Labute approximate surface area is 131 Å². The number of rotatable bonds is 3. The lowest BCUT2D eigenvalue weighted by molar-refractivity contribution is -0.147. The Balaban J connectivity index is 1.69. The van der Waals surface area contributed by atoms with Gasteiger partial charge < -0.3 is 9.64 Å². The minimum Gasteiger partial charge on any atom is -0.353 e. The van der Waals surface area contributed by atoms with Crippen LogP contribution in [0.25, 0.3) is 0 Å². The highest BCUT2D eigenvalue weighted by molar-refractivity contribution is 5.80. The molecule has 3 aliphatic rings. The average molecular weight is 295 g/mol. The maximum Gasteiger partial charge on any atom is 0.225 e. The van der Waals surface area contributed by atoms with E-state index in [-0.39, 0.29) is 17.9 Å². The molecule has 22 heavy (non-hydrogen) atoms. The molecule has 0 saturated carbocycles. The van der Waals surface area contributed by atoms with Gasteiger partial charge in [-0.2, -0.15) is 0 Å². The molecule has 1 aromatic carbocycles. The van der Waals surface area contributed by atoms with E-state index in [4.69, 9.17) is 4.74 Å². The van der Waals surface area contributed by atoms with Gasteiger partial charge in [-0.25, -0.2) is 0 Å². The number of ether oxygens (including phenoxy) is 1. The lowest BCUT2D eigenvalue weighted by atomic mass is 9.84. The quantitative estimate of drug-likeness (QED) is 0.854. The third kappa shape index (κ3) is 1.88. The van der Waals surface area contributed by atoms with Crippen molar-refractivity contribution in [2.45, 2.75) is 31.5 Å². The van der Waals surface area contributed by atoms with Crippen LogP contribution in [0.4, 0.5) is 0 Å². The van der Waals surface area contributed by atoms with Crippen molar-refractivity contribution in [3.63, 3.8) is 0 Å². The molecule has 2 heterocycles.